The van der Waals surface area contributed by atoms with Crippen LogP contribution in [-0.2, 0) is 19.6 Å². The first-order valence-corrected chi connectivity index (χ1v) is 15.5. The minimum atomic E-state index is -3.57. The Kier molecular flexibility index (Phi) is 9.21. The number of sulfonamides is 1. The van der Waals surface area contributed by atoms with Gasteiger partial charge in [0.2, 0.25) is 21.8 Å². The molecule has 210 valence electrons. The fourth-order valence-electron chi connectivity index (χ4n) is 5.71. The molecular formula is C27H32Cl2N4O5S. The number of rotatable bonds is 9. The van der Waals surface area contributed by atoms with Crippen LogP contribution in [0, 0.1) is 0 Å². The zero-order valence-corrected chi connectivity index (χ0v) is 23.9. The standard InChI is InChI=1S/C27H32Cl2N4O5S/c1-39(37,38)32-21-9-4-5-10-22(21)33-25(19-13-12-16(28)15-20(19)29)24(26(35)31-14-6-11-23(30)34)17-7-2-3-8-18(17)27(33)36/h2-3,7-8,12-13,15,21-22,24-25,32H,4-6,9-11,14H2,1H3,(H2,30,34)(H,31,35)/t21?,22-,24+,25-/m0/s1. The maximum Gasteiger partial charge on any atom is 0.255 e. The van der Waals surface area contributed by atoms with Crippen molar-refractivity contribution < 1.29 is 22.8 Å². The maximum absolute atomic E-state index is 14.2. The Balaban J connectivity index is 1.85. The van der Waals surface area contributed by atoms with Crippen molar-refractivity contribution in [2.75, 3.05) is 12.8 Å². The van der Waals surface area contributed by atoms with Gasteiger partial charge in [-0.3, -0.25) is 14.4 Å². The van der Waals surface area contributed by atoms with Gasteiger partial charge in [-0.1, -0.05) is 60.3 Å². The van der Waals surface area contributed by atoms with Crippen molar-refractivity contribution in [3.05, 3.63) is 69.2 Å². The van der Waals surface area contributed by atoms with Crippen LogP contribution in [-0.4, -0.2) is 55.9 Å². The molecule has 4 N–H and O–H groups in total. The minimum Gasteiger partial charge on any atom is -0.370 e. The predicted molar refractivity (Wildman–Crippen MR) is 150 cm³/mol. The fourth-order valence-corrected chi connectivity index (χ4v) is 7.06. The highest BCUT2D eigenvalue weighted by Crippen LogP contribution is 2.47. The first kappa shape index (κ1) is 29.3. The number of primary amides is 1. The third-order valence-electron chi connectivity index (χ3n) is 7.29. The molecule has 1 aliphatic carbocycles. The second-order valence-electron chi connectivity index (χ2n) is 10.1. The van der Waals surface area contributed by atoms with E-state index in [1.165, 1.54) is 0 Å². The Morgan fingerprint density at radius 1 is 1.08 bits per heavy atom. The van der Waals surface area contributed by atoms with Gasteiger partial charge >= 0.3 is 0 Å². The van der Waals surface area contributed by atoms with Crippen molar-refractivity contribution in [1.82, 2.24) is 14.9 Å². The second kappa shape index (κ2) is 12.2. The largest absolute Gasteiger partial charge is 0.370 e. The third-order valence-corrected chi connectivity index (χ3v) is 8.58. The number of halogens is 2. The van der Waals surface area contributed by atoms with Crippen LogP contribution in [0.15, 0.2) is 42.5 Å². The van der Waals surface area contributed by atoms with Crippen LogP contribution in [0.5, 0.6) is 0 Å². The van der Waals surface area contributed by atoms with Crippen LogP contribution in [0.4, 0.5) is 0 Å². The van der Waals surface area contributed by atoms with E-state index in [0.29, 0.717) is 46.0 Å². The van der Waals surface area contributed by atoms with Crippen LogP contribution in [0.25, 0.3) is 0 Å². The monoisotopic (exact) mass is 594 g/mol. The maximum atomic E-state index is 14.2. The molecule has 1 heterocycles. The van der Waals surface area contributed by atoms with Gasteiger partial charge in [-0.25, -0.2) is 13.1 Å². The average Bonchev–Trinajstić information content (AvgIpc) is 2.86. The minimum absolute atomic E-state index is 0.125. The van der Waals surface area contributed by atoms with Crippen molar-refractivity contribution in [3.8, 4) is 0 Å². The lowest BCUT2D eigenvalue weighted by Crippen LogP contribution is -2.59. The van der Waals surface area contributed by atoms with Crippen molar-refractivity contribution in [1.29, 1.82) is 0 Å². The number of fused-ring (bicyclic) bond motifs is 1. The van der Waals surface area contributed by atoms with E-state index >= 15 is 0 Å². The van der Waals surface area contributed by atoms with Crippen LogP contribution in [0.2, 0.25) is 10.0 Å². The van der Waals surface area contributed by atoms with E-state index < -0.39 is 40.0 Å². The van der Waals surface area contributed by atoms with Gasteiger partial charge in [0.1, 0.15) is 0 Å². The molecule has 0 bridgehead atoms. The van der Waals surface area contributed by atoms with Gasteiger partial charge in [-0.15, -0.1) is 0 Å². The molecule has 2 aromatic carbocycles. The molecule has 0 spiro atoms. The molecule has 4 rings (SSSR count). The topological polar surface area (TPSA) is 139 Å². The van der Waals surface area contributed by atoms with E-state index in [4.69, 9.17) is 28.9 Å². The van der Waals surface area contributed by atoms with Crippen LogP contribution in [0.3, 0.4) is 0 Å². The molecule has 12 heteroatoms. The van der Waals surface area contributed by atoms with Gasteiger partial charge in [0.25, 0.3) is 5.91 Å². The number of nitrogens with zero attached hydrogens (tertiary/aromatic N) is 1. The lowest BCUT2D eigenvalue weighted by Gasteiger charge is -2.49. The predicted octanol–water partition coefficient (Wildman–Crippen LogP) is 3.52. The number of nitrogens with two attached hydrogens (primary N) is 1. The van der Waals surface area contributed by atoms with E-state index in [1.54, 1.807) is 47.4 Å². The van der Waals surface area contributed by atoms with Gasteiger partial charge in [0, 0.05) is 40.7 Å². The highest BCUT2D eigenvalue weighted by atomic mass is 35.5. The van der Waals surface area contributed by atoms with Gasteiger partial charge in [0.05, 0.1) is 18.2 Å². The molecule has 1 unspecified atom stereocenters. The van der Waals surface area contributed by atoms with E-state index in [9.17, 15) is 22.8 Å². The van der Waals surface area contributed by atoms with E-state index in [1.807, 2.05) is 0 Å². The molecule has 2 aromatic rings. The molecule has 1 fully saturated rings. The second-order valence-corrected chi connectivity index (χ2v) is 12.7. The van der Waals surface area contributed by atoms with Crippen molar-refractivity contribution in [3.63, 3.8) is 0 Å². The number of carbonyl (C=O) groups excluding carboxylic acids is 3. The first-order chi connectivity index (χ1) is 18.5. The summed E-state index contributed by atoms with van der Waals surface area (Å²) in [5.74, 6) is -1.96. The first-order valence-electron chi connectivity index (χ1n) is 12.9. The summed E-state index contributed by atoms with van der Waals surface area (Å²) in [5.41, 5.74) is 6.70. The summed E-state index contributed by atoms with van der Waals surface area (Å²) < 4.78 is 27.3. The molecule has 0 radical (unpaired) electrons. The Morgan fingerprint density at radius 3 is 2.49 bits per heavy atom. The molecule has 1 aliphatic heterocycles. The van der Waals surface area contributed by atoms with Crippen LogP contribution in [0.1, 0.15) is 72.0 Å². The third kappa shape index (κ3) is 6.74. The van der Waals surface area contributed by atoms with Gasteiger partial charge in [0.15, 0.2) is 0 Å². The molecule has 1 saturated carbocycles. The highest BCUT2D eigenvalue weighted by Gasteiger charge is 2.49. The summed E-state index contributed by atoms with van der Waals surface area (Å²) in [4.78, 5) is 40.9. The SMILES string of the molecule is CS(=O)(=O)NC1CCCC[C@@H]1N1C(=O)c2ccccc2[C@@H](C(=O)NCCCC(N)=O)[C@@H]1c1ccc(Cl)cc1Cl. The van der Waals surface area contributed by atoms with Crippen LogP contribution >= 0.6 is 23.2 Å². The normalized spacial score (nSPS) is 23.3. The number of hydrogen-bond acceptors (Lipinski definition) is 5. The number of carbonyl (C=O) groups is 3. The molecule has 9 nitrogen and oxygen atoms in total. The number of amides is 3. The molecule has 39 heavy (non-hydrogen) atoms. The zero-order chi connectivity index (χ0) is 28.3. The molecule has 0 saturated heterocycles. The number of hydrogen-bond donors (Lipinski definition) is 3. The van der Waals surface area contributed by atoms with Crippen molar-refractivity contribution >= 4 is 50.9 Å². The quantitative estimate of drug-likeness (QED) is 0.381. The lowest BCUT2D eigenvalue weighted by atomic mass is 9.76. The molecule has 3 amide bonds. The highest BCUT2D eigenvalue weighted by molar-refractivity contribution is 7.88. The number of benzene rings is 2. The summed E-state index contributed by atoms with van der Waals surface area (Å²) in [6.45, 7) is 0.219. The summed E-state index contributed by atoms with van der Waals surface area (Å²) in [6, 6.07) is 9.98. The summed E-state index contributed by atoms with van der Waals surface area (Å²) in [6.07, 6.45) is 4.29. The van der Waals surface area contributed by atoms with Crippen molar-refractivity contribution in [2.45, 2.75) is 62.6 Å². The summed E-state index contributed by atoms with van der Waals surface area (Å²) >= 11 is 12.9. The average molecular weight is 596 g/mol. The molecule has 2 aliphatic rings. The fraction of sp³-hybridized carbons (Fsp3) is 0.444. The lowest BCUT2D eigenvalue weighted by molar-refractivity contribution is -0.125. The Bertz CT molecular complexity index is 1370. The zero-order valence-electron chi connectivity index (χ0n) is 21.5. The Morgan fingerprint density at radius 2 is 1.79 bits per heavy atom. The molecule has 0 aromatic heterocycles. The Hall–Kier alpha value is -2.66. The van der Waals surface area contributed by atoms with E-state index in [2.05, 4.69) is 10.0 Å². The molecule has 4 atom stereocenters. The summed E-state index contributed by atoms with van der Waals surface area (Å²) in [5, 5.41) is 3.60. The van der Waals surface area contributed by atoms with Crippen LogP contribution < -0.4 is 15.8 Å². The van der Waals surface area contributed by atoms with Gasteiger partial charge in [-0.05, 0) is 48.6 Å². The number of nitrogens with one attached hydrogen (secondary N) is 2. The van der Waals surface area contributed by atoms with Gasteiger partial charge in [-0.2, -0.15) is 0 Å². The summed E-state index contributed by atoms with van der Waals surface area (Å²) in [7, 11) is -3.57. The van der Waals surface area contributed by atoms with E-state index in [-0.39, 0.29) is 24.8 Å². The van der Waals surface area contributed by atoms with Crippen molar-refractivity contribution in [2.24, 2.45) is 5.73 Å². The van der Waals surface area contributed by atoms with E-state index in [0.717, 1.165) is 19.1 Å². The molecular weight excluding hydrogens is 563 g/mol. The van der Waals surface area contributed by atoms with Gasteiger partial charge < -0.3 is 16.0 Å². The Labute approximate surface area is 238 Å². The smallest absolute Gasteiger partial charge is 0.255 e.